The average Bonchev–Trinajstić information content (AvgIpc) is 3.09. The lowest BCUT2D eigenvalue weighted by Gasteiger charge is -2.15. The summed E-state index contributed by atoms with van der Waals surface area (Å²) in [5, 5.41) is 29.0. The molecule has 146 valence electrons. The van der Waals surface area contributed by atoms with E-state index in [0.717, 1.165) is 31.4 Å². The Kier molecular flexibility index (Phi) is 8.39. The quantitative estimate of drug-likeness (QED) is 0.407. The normalized spacial score (nSPS) is 31.0. The zero-order valence-corrected chi connectivity index (χ0v) is 15.6. The predicted octanol–water partition coefficient (Wildman–Crippen LogP) is 3.57. The highest BCUT2D eigenvalue weighted by atomic mass is 16.5. The first kappa shape index (κ1) is 20.7. The molecule has 0 bridgehead atoms. The van der Waals surface area contributed by atoms with Crippen molar-refractivity contribution in [3.05, 3.63) is 36.1 Å². The van der Waals surface area contributed by atoms with Crippen molar-refractivity contribution in [1.29, 1.82) is 0 Å². The summed E-state index contributed by atoms with van der Waals surface area (Å²) in [6, 6.07) is 0. The van der Waals surface area contributed by atoms with Gasteiger partial charge in [-0.05, 0) is 38.2 Å². The number of hydrogen-bond donors (Lipinski definition) is 3. The molecule has 2 rings (SSSR count). The number of aliphatic hydroxyl groups is 2. The van der Waals surface area contributed by atoms with Crippen LogP contribution in [0.1, 0.15) is 58.3 Å². The van der Waals surface area contributed by atoms with Crippen molar-refractivity contribution < 1.29 is 24.9 Å². The molecule has 1 aliphatic heterocycles. The Morgan fingerprint density at radius 3 is 2.88 bits per heavy atom. The maximum Gasteiger partial charge on any atom is 0.303 e. The molecule has 5 atom stereocenters. The van der Waals surface area contributed by atoms with E-state index in [2.05, 4.69) is 13.0 Å². The number of carboxylic acid groups (broad SMARTS) is 1. The lowest BCUT2D eigenvalue weighted by Crippen LogP contribution is -2.17. The van der Waals surface area contributed by atoms with Crippen molar-refractivity contribution in [1.82, 2.24) is 0 Å². The molecule has 5 nitrogen and oxygen atoms in total. The van der Waals surface area contributed by atoms with Gasteiger partial charge in [0, 0.05) is 31.1 Å². The van der Waals surface area contributed by atoms with Crippen LogP contribution in [0.25, 0.3) is 0 Å². The van der Waals surface area contributed by atoms with Crippen LogP contribution in [0.5, 0.6) is 0 Å². The summed E-state index contributed by atoms with van der Waals surface area (Å²) >= 11 is 0. The Bertz CT molecular complexity index is 537. The van der Waals surface area contributed by atoms with Crippen LogP contribution in [-0.2, 0) is 9.53 Å². The monoisotopic (exact) mass is 364 g/mol. The first-order valence-corrected chi connectivity index (χ1v) is 9.78. The summed E-state index contributed by atoms with van der Waals surface area (Å²) in [4.78, 5) is 10.5. The molecule has 2 fully saturated rings. The molecule has 5 unspecified atom stereocenters. The smallest absolute Gasteiger partial charge is 0.303 e. The molecule has 2 aliphatic rings. The highest BCUT2D eigenvalue weighted by molar-refractivity contribution is 5.66. The average molecular weight is 364 g/mol. The topological polar surface area (TPSA) is 87.0 Å². The van der Waals surface area contributed by atoms with Crippen molar-refractivity contribution in [3.8, 4) is 0 Å². The van der Waals surface area contributed by atoms with Crippen molar-refractivity contribution in [2.45, 2.75) is 76.6 Å². The summed E-state index contributed by atoms with van der Waals surface area (Å²) in [6.07, 6.45) is 14.5. The van der Waals surface area contributed by atoms with E-state index < -0.39 is 18.2 Å². The fourth-order valence-corrected chi connectivity index (χ4v) is 3.80. The largest absolute Gasteiger partial charge is 0.495 e. The van der Waals surface area contributed by atoms with Crippen LogP contribution >= 0.6 is 0 Å². The number of allylic oxidation sites excluding steroid dienone is 3. The lowest BCUT2D eigenvalue weighted by molar-refractivity contribution is -0.137. The molecule has 5 heteroatoms. The van der Waals surface area contributed by atoms with Gasteiger partial charge in [0.1, 0.15) is 6.10 Å². The molecule has 0 aromatic rings. The van der Waals surface area contributed by atoms with E-state index in [0.29, 0.717) is 19.3 Å². The molecule has 1 saturated heterocycles. The van der Waals surface area contributed by atoms with Crippen LogP contribution < -0.4 is 0 Å². The second kappa shape index (κ2) is 10.5. The van der Waals surface area contributed by atoms with E-state index in [9.17, 15) is 15.0 Å². The SMILES string of the molecule is CC/C=C/CC(O)/C=C/C1C(O)CC2O/C(=C/CCCCC(=O)O)CC21. The molecular weight excluding hydrogens is 332 g/mol. The standard InChI is InChI=1S/C21H32O5/c1-2-3-5-8-15(22)11-12-17-18-13-16(26-20(18)14-19(17)23)9-6-4-7-10-21(24)25/h3,5,9,11-12,15,17-20,22-23H,2,4,6-8,10,13-14H2,1H3,(H,24,25)/b5-3+,12-11+,16-9+. The summed E-state index contributed by atoms with van der Waals surface area (Å²) in [5.41, 5.74) is 0. The van der Waals surface area contributed by atoms with Gasteiger partial charge >= 0.3 is 5.97 Å². The minimum atomic E-state index is -0.750. The molecule has 1 saturated carbocycles. The number of carboxylic acids is 1. The van der Waals surface area contributed by atoms with Crippen LogP contribution in [0, 0.1) is 11.8 Å². The Morgan fingerprint density at radius 1 is 1.35 bits per heavy atom. The Balaban J connectivity index is 1.82. The molecule has 0 spiro atoms. The maximum absolute atomic E-state index is 10.5. The minimum absolute atomic E-state index is 0.0164. The van der Waals surface area contributed by atoms with Crippen molar-refractivity contribution in [2.75, 3.05) is 0 Å². The summed E-state index contributed by atoms with van der Waals surface area (Å²) in [6.45, 7) is 2.06. The molecule has 0 aromatic carbocycles. The molecular formula is C21H32O5. The second-order valence-corrected chi connectivity index (χ2v) is 7.28. The highest BCUT2D eigenvalue weighted by Gasteiger charge is 2.46. The third-order valence-corrected chi connectivity index (χ3v) is 5.18. The predicted molar refractivity (Wildman–Crippen MR) is 100 cm³/mol. The van der Waals surface area contributed by atoms with Gasteiger partial charge < -0.3 is 20.1 Å². The van der Waals surface area contributed by atoms with Crippen molar-refractivity contribution in [2.24, 2.45) is 11.8 Å². The van der Waals surface area contributed by atoms with Crippen LogP contribution in [-0.4, -0.2) is 39.6 Å². The molecule has 0 radical (unpaired) electrons. The fraction of sp³-hybridized carbons (Fsp3) is 0.667. The van der Waals surface area contributed by atoms with E-state index in [4.69, 9.17) is 9.84 Å². The van der Waals surface area contributed by atoms with E-state index in [1.807, 2.05) is 18.2 Å². The molecule has 1 aliphatic carbocycles. The van der Waals surface area contributed by atoms with Gasteiger partial charge in [0.05, 0.1) is 18.0 Å². The zero-order chi connectivity index (χ0) is 18.9. The van der Waals surface area contributed by atoms with E-state index >= 15 is 0 Å². The molecule has 26 heavy (non-hydrogen) atoms. The Morgan fingerprint density at radius 2 is 2.15 bits per heavy atom. The molecule has 0 aromatic heterocycles. The third-order valence-electron chi connectivity index (χ3n) is 5.18. The first-order chi connectivity index (χ1) is 12.5. The number of aliphatic carboxylic acids is 1. The lowest BCUT2D eigenvalue weighted by atomic mass is 9.90. The Hall–Kier alpha value is -1.59. The summed E-state index contributed by atoms with van der Waals surface area (Å²) in [7, 11) is 0. The van der Waals surface area contributed by atoms with Crippen LogP contribution in [0.3, 0.4) is 0 Å². The van der Waals surface area contributed by atoms with E-state index in [1.165, 1.54) is 0 Å². The van der Waals surface area contributed by atoms with Gasteiger partial charge in [0.25, 0.3) is 0 Å². The van der Waals surface area contributed by atoms with Gasteiger partial charge in [-0.3, -0.25) is 4.79 Å². The number of ether oxygens (including phenoxy) is 1. The molecule has 1 heterocycles. The second-order valence-electron chi connectivity index (χ2n) is 7.28. The van der Waals surface area contributed by atoms with Crippen molar-refractivity contribution >= 4 is 5.97 Å². The number of rotatable bonds is 10. The molecule has 3 N–H and O–H groups in total. The van der Waals surface area contributed by atoms with Crippen LogP contribution in [0.4, 0.5) is 0 Å². The van der Waals surface area contributed by atoms with E-state index in [1.54, 1.807) is 6.08 Å². The number of aliphatic hydroxyl groups excluding tert-OH is 2. The van der Waals surface area contributed by atoms with Crippen molar-refractivity contribution in [3.63, 3.8) is 0 Å². The number of fused-ring (bicyclic) bond motifs is 1. The van der Waals surface area contributed by atoms with E-state index in [-0.39, 0.29) is 24.4 Å². The number of hydrogen-bond acceptors (Lipinski definition) is 4. The van der Waals surface area contributed by atoms with Gasteiger partial charge in [0.15, 0.2) is 0 Å². The maximum atomic E-state index is 10.5. The van der Waals surface area contributed by atoms with Crippen LogP contribution in [0.2, 0.25) is 0 Å². The minimum Gasteiger partial charge on any atom is -0.495 e. The summed E-state index contributed by atoms with van der Waals surface area (Å²) in [5.74, 6) is 0.486. The highest BCUT2D eigenvalue weighted by Crippen LogP contribution is 2.45. The number of carbonyl (C=O) groups is 1. The van der Waals surface area contributed by atoms with Gasteiger partial charge in [-0.25, -0.2) is 0 Å². The first-order valence-electron chi connectivity index (χ1n) is 9.78. The van der Waals surface area contributed by atoms with Crippen LogP contribution in [0.15, 0.2) is 36.1 Å². The summed E-state index contributed by atoms with van der Waals surface area (Å²) < 4.78 is 5.98. The van der Waals surface area contributed by atoms with Gasteiger partial charge in [-0.2, -0.15) is 0 Å². The van der Waals surface area contributed by atoms with Gasteiger partial charge in [-0.15, -0.1) is 0 Å². The third kappa shape index (κ3) is 6.29. The number of unbranched alkanes of at least 4 members (excludes halogenated alkanes) is 2. The molecule has 0 amide bonds. The zero-order valence-electron chi connectivity index (χ0n) is 15.6. The van der Waals surface area contributed by atoms with Gasteiger partial charge in [-0.1, -0.05) is 31.2 Å². The Labute approximate surface area is 156 Å². The fourth-order valence-electron chi connectivity index (χ4n) is 3.80. The van der Waals surface area contributed by atoms with Gasteiger partial charge in [0.2, 0.25) is 0 Å².